The minimum absolute atomic E-state index is 0.419. The van der Waals surface area contributed by atoms with Crippen molar-refractivity contribution in [1.82, 2.24) is 0 Å². The van der Waals surface area contributed by atoms with Gasteiger partial charge in [-0.15, -0.1) is 0 Å². The van der Waals surface area contributed by atoms with Gasteiger partial charge in [-0.3, -0.25) is 0 Å². The molecule has 0 fully saturated rings. The third kappa shape index (κ3) is 2.59. The normalized spacial score (nSPS) is 11.9. The highest BCUT2D eigenvalue weighted by Gasteiger charge is 2.26. The smallest absolute Gasteiger partial charge is 0.162 e. The molecular formula is C11H12Br2F2. The van der Waals surface area contributed by atoms with E-state index in [1.54, 1.807) is 0 Å². The first-order chi connectivity index (χ1) is 6.79. The van der Waals surface area contributed by atoms with E-state index in [-0.39, 0.29) is 0 Å². The van der Waals surface area contributed by atoms with Crippen LogP contribution in [0.5, 0.6) is 0 Å². The van der Waals surface area contributed by atoms with Crippen LogP contribution in [-0.4, -0.2) is 0 Å². The van der Waals surface area contributed by atoms with E-state index in [0.29, 0.717) is 15.4 Å². The SMILES string of the molecule is CC(C)(C)c1c(F)c(F)cc(Br)c1CBr. The molecule has 0 aromatic heterocycles. The summed E-state index contributed by atoms with van der Waals surface area (Å²) in [5.41, 5.74) is 0.769. The molecule has 0 amide bonds. The molecule has 84 valence electrons. The Morgan fingerprint density at radius 2 is 1.80 bits per heavy atom. The van der Waals surface area contributed by atoms with E-state index < -0.39 is 17.0 Å². The van der Waals surface area contributed by atoms with Gasteiger partial charge in [0.1, 0.15) is 0 Å². The molecular weight excluding hydrogens is 330 g/mol. The molecule has 0 saturated heterocycles. The Morgan fingerprint density at radius 3 is 2.20 bits per heavy atom. The predicted molar refractivity (Wildman–Crippen MR) is 65.4 cm³/mol. The van der Waals surface area contributed by atoms with Crippen LogP contribution in [0.4, 0.5) is 8.78 Å². The van der Waals surface area contributed by atoms with Gasteiger partial charge in [-0.05, 0) is 17.0 Å². The van der Waals surface area contributed by atoms with Crippen molar-refractivity contribution in [2.45, 2.75) is 31.5 Å². The average molecular weight is 342 g/mol. The van der Waals surface area contributed by atoms with Gasteiger partial charge in [-0.2, -0.15) is 0 Å². The topological polar surface area (TPSA) is 0 Å². The fourth-order valence-corrected chi connectivity index (χ4v) is 3.04. The second kappa shape index (κ2) is 4.50. The molecule has 1 aromatic carbocycles. The number of hydrogen-bond acceptors (Lipinski definition) is 0. The van der Waals surface area contributed by atoms with Crippen LogP contribution in [0.25, 0.3) is 0 Å². The van der Waals surface area contributed by atoms with E-state index in [9.17, 15) is 8.78 Å². The second-order valence-corrected chi connectivity index (χ2v) is 5.81. The van der Waals surface area contributed by atoms with Gasteiger partial charge in [0.2, 0.25) is 0 Å². The van der Waals surface area contributed by atoms with Gasteiger partial charge in [-0.25, -0.2) is 8.78 Å². The summed E-state index contributed by atoms with van der Waals surface area (Å²) in [6, 6.07) is 1.17. The number of halogens is 4. The van der Waals surface area contributed by atoms with Crippen molar-refractivity contribution >= 4 is 31.9 Å². The highest BCUT2D eigenvalue weighted by molar-refractivity contribution is 9.10. The molecule has 0 aliphatic rings. The lowest BCUT2D eigenvalue weighted by Gasteiger charge is -2.24. The van der Waals surface area contributed by atoms with Gasteiger partial charge in [0.05, 0.1) is 0 Å². The Balaban J connectivity index is 3.59. The van der Waals surface area contributed by atoms with E-state index in [1.165, 1.54) is 6.07 Å². The first-order valence-corrected chi connectivity index (χ1v) is 6.43. The molecule has 0 radical (unpaired) electrons. The molecule has 0 unspecified atom stereocenters. The van der Waals surface area contributed by atoms with Crippen LogP contribution in [-0.2, 0) is 10.7 Å². The number of rotatable bonds is 1. The van der Waals surface area contributed by atoms with Crippen LogP contribution >= 0.6 is 31.9 Å². The predicted octanol–water partition coefficient (Wildman–Crippen LogP) is 4.92. The molecule has 0 nitrogen and oxygen atoms in total. The largest absolute Gasteiger partial charge is 0.204 e. The van der Waals surface area contributed by atoms with Crippen LogP contribution in [0.1, 0.15) is 31.9 Å². The maximum atomic E-state index is 13.7. The number of benzene rings is 1. The molecule has 0 heterocycles. The lowest BCUT2D eigenvalue weighted by Crippen LogP contribution is -2.18. The second-order valence-electron chi connectivity index (χ2n) is 4.39. The molecule has 0 aliphatic carbocycles. The monoisotopic (exact) mass is 340 g/mol. The summed E-state index contributed by atoms with van der Waals surface area (Å²) in [5, 5.41) is 0.497. The summed E-state index contributed by atoms with van der Waals surface area (Å²) < 4.78 is 27.6. The highest BCUT2D eigenvalue weighted by Crippen LogP contribution is 2.35. The van der Waals surface area contributed by atoms with E-state index in [2.05, 4.69) is 31.9 Å². The summed E-state index contributed by atoms with van der Waals surface area (Å²) in [4.78, 5) is 0. The van der Waals surface area contributed by atoms with E-state index in [0.717, 1.165) is 5.56 Å². The molecule has 0 bridgehead atoms. The third-order valence-corrected chi connectivity index (χ3v) is 3.42. The zero-order chi connectivity index (χ0) is 11.8. The Labute approximate surface area is 105 Å². The van der Waals surface area contributed by atoms with Crippen LogP contribution in [0.2, 0.25) is 0 Å². The summed E-state index contributed by atoms with van der Waals surface area (Å²) in [6.45, 7) is 5.59. The summed E-state index contributed by atoms with van der Waals surface area (Å²) in [7, 11) is 0. The van der Waals surface area contributed by atoms with Crippen LogP contribution in [0.3, 0.4) is 0 Å². The molecule has 0 saturated carbocycles. The molecule has 1 aromatic rings. The van der Waals surface area contributed by atoms with Crippen molar-refractivity contribution in [2.75, 3.05) is 0 Å². The van der Waals surface area contributed by atoms with Crippen LogP contribution < -0.4 is 0 Å². The van der Waals surface area contributed by atoms with E-state index >= 15 is 0 Å². The van der Waals surface area contributed by atoms with Gasteiger partial charge >= 0.3 is 0 Å². The van der Waals surface area contributed by atoms with Gasteiger partial charge in [0.25, 0.3) is 0 Å². The Kier molecular flexibility index (Phi) is 3.93. The van der Waals surface area contributed by atoms with Gasteiger partial charge in [0, 0.05) is 15.4 Å². The molecule has 0 atom stereocenters. The van der Waals surface area contributed by atoms with Crippen molar-refractivity contribution in [3.05, 3.63) is 33.3 Å². The summed E-state index contributed by atoms with van der Waals surface area (Å²) >= 11 is 6.54. The van der Waals surface area contributed by atoms with Crippen molar-refractivity contribution in [3.63, 3.8) is 0 Å². The first-order valence-electron chi connectivity index (χ1n) is 4.52. The molecule has 1 rings (SSSR count). The highest BCUT2D eigenvalue weighted by atomic mass is 79.9. The van der Waals surface area contributed by atoms with Crippen molar-refractivity contribution in [2.24, 2.45) is 0 Å². The third-order valence-electron chi connectivity index (χ3n) is 2.16. The number of alkyl halides is 1. The van der Waals surface area contributed by atoms with E-state index in [1.807, 2.05) is 20.8 Å². The minimum atomic E-state index is -0.809. The maximum absolute atomic E-state index is 13.7. The standard InChI is InChI=1S/C11H12Br2F2/c1-11(2,3)9-6(5-12)7(13)4-8(14)10(9)15/h4H,5H2,1-3H3. The fraction of sp³-hybridized carbons (Fsp3) is 0.455. The Hall–Kier alpha value is 0.0400. The molecule has 4 heteroatoms. The summed E-state index contributed by atoms with van der Waals surface area (Å²) in [5.74, 6) is -1.56. The Morgan fingerprint density at radius 1 is 1.27 bits per heavy atom. The molecule has 0 N–H and O–H groups in total. The fourth-order valence-electron chi connectivity index (χ4n) is 1.55. The van der Waals surface area contributed by atoms with Gasteiger partial charge < -0.3 is 0 Å². The first kappa shape index (κ1) is 13.1. The minimum Gasteiger partial charge on any atom is -0.204 e. The van der Waals surface area contributed by atoms with Crippen molar-refractivity contribution in [1.29, 1.82) is 0 Å². The molecule has 0 spiro atoms. The zero-order valence-corrected chi connectivity index (χ0v) is 12.0. The Bertz CT molecular complexity index is 381. The molecule has 15 heavy (non-hydrogen) atoms. The number of hydrogen-bond donors (Lipinski definition) is 0. The van der Waals surface area contributed by atoms with Crippen molar-refractivity contribution in [3.8, 4) is 0 Å². The quantitative estimate of drug-likeness (QED) is 0.502. The van der Waals surface area contributed by atoms with Crippen molar-refractivity contribution < 1.29 is 8.78 Å². The lowest BCUT2D eigenvalue weighted by atomic mass is 9.83. The summed E-state index contributed by atoms with van der Waals surface area (Å²) in [6.07, 6.45) is 0. The average Bonchev–Trinajstić information content (AvgIpc) is 2.08. The molecule has 0 aliphatic heterocycles. The van der Waals surface area contributed by atoms with Gasteiger partial charge in [0.15, 0.2) is 11.6 Å². The van der Waals surface area contributed by atoms with E-state index in [4.69, 9.17) is 0 Å². The lowest BCUT2D eigenvalue weighted by molar-refractivity contribution is 0.461. The maximum Gasteiger partial charge on any atom is 0.162 e. The van der Waals surface area contributed by atoms with Crippen LogP contribution in [0, 0.1) is 11.6 Å². The van der Waals surface area contributed by atoms with Gasteiger partial charge in [-0.1, -0.05) is 52.6 Å². The van der Waals surface area contributed by atoms with Crippen LogP contribution in [0.15, 0.2) is 10.5 Å². The zero-order valence-electron chi connectivity index (χ0n) is 8.80.